The van der Waals surface area contributed by atoms with E-state index in [1.807, 2.05) is 30.3 Å². The molecule has 1 aliphatic carbocycles. The fraction of sp³-hybridized carbons (Fsp3) is 0.176. The zero-order chi connectivity index (χ0) is 15.1. The highest BCUT2D eigenvalue weighted by Gasteiger charge is 2.43. The predicted octanol–water partition coefficient (Wildman–Crippen LogP) is 4.26. The number of amides is 1. The van der Waals surface area contributed by atoms with Crippen molar-refractivity contribution in [3.63, 3.8) is 0 Å². The number of benzene rings is 2. The Kier molecular flexibility index (Phi) is 3.15. The molecule has 1 saturated carbocycles. The van der Waals surface area contributed by atoms with Crippen LogP contribution in [0.5, 0.6) is 0 Å². The molecule has 0 saturated heterocycles. The minimum absolute atomic E-state index is 0.269. The number of hydrogen-bond acceptors (Lipinski definition) is 3. The molecule has 2 aromatic carbocycles. The lowest BCUT2D eigenvalue weighted by Crippen LogP contribution is -2.14. The van der Waals surface area contributed by atoms with Gasteiger partial charge in [-0.2, -0.15) is 0 Å². The van der Waals surface area contributed by atoms with Crippen LogP contribution in [0, 0.1) is 5.92 Å². The number of aromatic nitrogens is 1. The Morgan fingerprint density at radius 1 is 1.18 bits per heavy atom. The molecule has 0 bridgehead atoms. The lowest BCUT2D eigenvalue weighted by Gasteiger charge is -2.00. The lowest BCUT2D eigenvalue weighted by atomic mass is 10.1. The zero-order valence-electron chi connectivity index (χ0n) is 11.6. The summed E-state index contributed by atoms with van der Waals surface area (Å²) in [7, 11) is 0. The van der Waals surface area contributed by atoms with Gasteiger partial charge in [0, 0.05) is 0 Å². The number of hydrogen-bond donors (Lipinski definition) is 1. The van der Waals surface area contributed by atoms with Gasteiger partial charge in [0.1, 0.15) is 6.17 Å². The summed E-state index contributed by atoms with van der Waals surface area (Å²) in [5, 5.41) is 3.24. The molecule has 0 radical (unpaired) electrons. The molecule has 1 aliphatic rings. The summed E-state index contributed by atoms with van der Waals surface area (Å²) < 4.78 is 13.9. The minimum Gasteiger partial charge on any atom is -0.302 e. The molecular formula is C17H13FN2OS. The van der Waals surface area contributed by atoms with Crippen molar-refractivity contribution in [2.75, 3.05) is 5.32 Å². The van der Waals surface area contributed by atoms with Gasteiger partial charge >= 0.3 is 0 Å². The Bertz CT molecular complexity index is 846. The van der Waals surface area contributed by atoms with Crippen LogP contribution < -0.4 is 5.32 Å². The molecule has 1 aromatic heterocycles. The first kappa shape index (κ1) is 13.4. The second kappa shape index (κ2) is 5.18. The first-order valence-electron chi connectivity index (χ1n) is 7.12. The van der Waals surface area contributed by atoms with E-state index < -0.39 is 12.1 Å². The smallest absolute Gasteiger partial charge is 0.232 e. The molecule has 3 nitrogen and oxygen atoms in total. The molecule has 0 spiro atoms. The number of halogens is 1. The topological polar surface area (TPSA) is 42.0 Å². The monoisotopic (exact) mass is 312 g/mol. The number of rotatable bonds is 3. The highest BCUT2D eigenvalue weighted by atomic mass is 32.1. The summed E-state index contributed by atoms with van der Waals surface area (Å²) in [4.78, 5) is 16.2. The predicted molar refractivity (Wildman–Crippen MR) is 86.7 cm³/mol. The molecule has 0 unspecified atom stereocenters. The standard InChI is InChI=1S/C17H13FN2OS/c18-13-9-12(13)16(21)20-17-19-14-7-6-11(8-15(14)22-17)10-4-2-1-3-5-10/h1-8,12-13H,9H2,(H,19,20,21)/t12-,13+/m1/s1. The van der Waals surface area contributed by atoms with Crippen molar-refractivity contribution in [3.05, 3.63) is 48.5 Å². The van der Waals surface area contributed by atoms with Crippen molar-refractivity contribution in [1.29, 1.82) is 0 Å². The second-order valence-corrected chi connectivity index (χ2v) is 6.45. The van der Waals surface area contributed by atoms with E-state index in [-0.39, 0.29) is 5.91 Å². The minimum atomic E-state index is -0.987. The molecule has 22 heavy (non-hydrogen) atoms. The van der Waals surface area contributed by atoms with Crippen LogP contribution in [0.3, 0.4) is 0 Å². The van der Waals surface area contributed by atoms with Crippen LogP contribution >= 0.6 is 11.3 Å². The molecule has 1 amide bonds. The van der Waals surface area contributed by atoms with E-state index in [2.05, 4.69) is 28.5 Å². The number of nitrogens with one attached hydrogen (secondary N) is 1. The van der Waals surface area contributed by atoms with E-state index in [0.29, 0.717) is 11.6 Å². The molecule has 3 aromatic rings. The second-order valence-electron chi connectivity index (χ2n) is 5.41. The maximum atomic E-state index is 12.9. The fourth-order valence-corrected chi connectivity index (χ4v) is 3.33. The number of thiazole rings is 1. The summed E-state index contributed by atoms with van der Waals surface area (Å²) >= 11 is 1.42. The molecule has 2 atom stereocenters. The van der Waals surface area contributed by atoms with E-state index in [1.165, 1.54) is 11.3 Å². The van der Waals surface area contributed by atoms with Gasteiger partial charge in [-0.1, -0.05) is 47.7 Å². The Morgan fingerprint density at radius 2 is 1.95 bits per heavy atom. The van der Waals surface area contributed by atoms with E-state index in [1.54, 1.807) is 0 Å². The van der Waals surface area contributed by atoms with Gasteiger partial charge in [0.25, 0.3) is 0 Å². The van der Waals surface area contributed by atoms with Gasteiger partial charge in [-0.15, -0.1) is 0 Å². The molecule has 110 valence electrons. The quantitative estimate of drug-likeness (QED) is 0.785. The molecule has 4 rings (SSSR count). The summed E-state index contributed by atoms with van der Waals surface area (Å²) in [5.74, 6) is -0.762. The van der Waals surface area contributed by atoms with Crippen LogP contribution in [0.2, 0.25) is 0 Å². The maximum Gasteiger partial charge on any atom is 0.232 e. The van der Waals surface area contributed by atoms with Gasteiger partial charge in [-0.3, -0.25) is 4.79 Å². The Morgan fingerprint density at radius 3 is 2.68 bits per heavy atom. The molecule has 0 aliphatic heterocycles. The summed E-state index contributed by atoms with van der Waals surface area (Å²) in [6.07, 6.45) is -0.659. The summed E-state index contributed by atoms with van der Waals surface area (Å²) in [5.41, 5.74) is 3.09. The van der Waals surface area contributed by atoms with Crippen molar-refractivity contribution >= 4 is 32.6 Å². The Balaban J connectivity index is 1.62. The Hall–Kier alpha value is -2.27. The van der Waals surface area contributed by atoms with E-state index >= 15 is 0 Å². The Labute approximate surface area is 130 Å². The number of alkyl halides is 1. The average Bonchev–Trinajstić information content (AvgIpc) is 3.13. The van der Waals surface area contributed by atoms with Crippen LogP contribution in [0.15, 0.2) is 48.5 Å². The average molecular weight is 312 g/mol. The first-order valence-corrected chi connectivity index (χ1v) is 7.93. The van der Waals surface area contributed by atoms with Crippen molar-refractivity contribution in [2.24, 2.45) is 5.92 Å². The van der Waals surface area contributed by atoms with E-state index in [4.69, 9.17) is 0 Å². The van der Waals surface area contributed by atoms with Crippen LogP contribution in [-0.2, 0) is 4.79 Å². The highest BCUT2D eigenvalue weighted by molar-refractivity contribution is 7.22. The van der Waals surface area contributed by atoms with Gasteiger partial charge in [0.05, 0.1) is 16.1 Å². The molecule has 1 heterocycles. The third kappa shape index (κ3) is 2.48. The van der Waals surface area contributed by atoms with E-state index in [9.17, 15) is 9.18 Å². The van der Waals surface area contributed by atoms with Crippen molar-refractivity contribution in [1.82, 2.24) is 4.98 Å². The van der Waals surface area contributed by atoms with Crippen molar-refractivity contribution in [3.8, 4) is 11.1 Å². The molecule has 1 N–H and O–H groups in total. The normalized spacial score (nSPS) is 20.0. The lowest BCUT2D eigenvalue weighted by molar-refractivity contribution is -0.117. The van der Waals surface area contributed by atoms with E-state index in [0.717, 1.165) is 21.3 Å². The van der Waals surface area contributed by atoms with Gasteiger partial charge < -0.3 is 5.32 Å². The number of carbonyl (C=O) groups is 1. The van der Waals surface area contributed by atoms with Crippen molar-refractivity contribution in [2.45, 2.75) is 12.6 Å². The number of fused-ring (bicyclic) bond motifs is 1. The third-order valence-corrected chi connectivity index (χ3v) is 4.71. The van der Waals surface area contributed by atoms with Gasteiger partial charge in [0.2, 0.25) is 5.91 Å². The summed E-state index contributed by atoms with van der Waals surface area (Å²) in [6, 6.07) is 16.1. The highest BCUT2D eigenvalue weighted by Crippen LogP contribution is 2.36. The zero-order valence-corrected chi connectivity index (χ0v) is 12.4. The molecular weight excluding hydrogens is 299 g/mol. The molecule has 1 fully saturated rings. The van der Waals surface area contributed by atoms with Crippen LogP contribution in [0.4, 0.5) is 9.52 Å². The fourth-order valence-electron chi connectivity index (χ4n) is 2.42. The molecule has 5 heteroatoms. The van der Waals surface area contributed by atoms with Gasteiger partial charge in [-0.05, 0) is 29.7 Å². The largest absolute Gasteiger partial charge is 0.302 e. The number of carbonyl (C=O) groups excluding carboxylic acids is 1. The third-order valence-electron chi connectivity index (χ3n) is 3.78. The number of nitrogens with zero attached hydrogens (tertiary/aromatic N) is 1. The van der Waals surface area contributed by atoms with Gasteiger partial charge in [-0.25, -0.2) is 9.37 Å². The van der Waals surface area contributed by atoms with Crippen LogP contribution in [0.1, 0.15) is 6.42 Å². The van der Waals surface area contributed by atoms with Crippen LogP contribution in [-0.4, -0.2) is 17.1 Å². The maximum absolute atomic E-state index is 12.9. The van der Waals surface area contributed by atoms with Crippen LogP contribution in [0.25, 0.3) is 21.3 Å². The van der Waals surface area contributed by atoms with Gasteiger partial charge in [0.15, 0.2) is 5.13 Å². The SMILES string of the molecule is O=C(Nc1nc2ccc(-c3ccccc3)cc2s1)[C@@H]1C[C@@H]1F. The first-order chi connectivity index (χ1) is 10.7. The van der Waals surface area contributed by atoms with Crippen molar-refractivity contribution < 1.29 is 9.18 Å². The number of anilines is 1. The summed E-state index contributed by atoms with van der Waals surface area (Å²) in [6.45, 7) is 0.